The Kier molecular flexibility index (Phi) is 7.16. The molecule has 1 N–H and O–H groups in total. The van der Waals surface area contributed by atoms with Gasteiger partial charge in [-0.15, -0.1) is 0 Å². The van der Waals surface area contributed by atoms with E-state index in [1.54, 1.807) is 13.2 Å². The van der Waals surface area contributed by atoms with Crippen molar-refractivity contribution in [1.29, 1.82) is 5.26 Å². The highest BCUT2D eigenvalue weighted by Gasteiger charge is 2.26. The SMILES string of the molecule is COCCCNC(=O)C(C)N1CCN(c2ccc(F)cc2C#N)CC1. The third kappa shape index (κ3) is 5.15. The van der Waals surface area contributed by atoms with Gasteiger partial charge in [-0.3, -0.25) is 9.69 Å². The Morgan fingerprint density at radius 1 is 1.40 bits per heavy atom. The highest BCUT2D eigenvalue weighted by atomic mass is 19.1. The summed E-state index contributed by atoms with van der Waals surface area (Å²) in [5, 5.41) is 12.1. The van der Waals surface area contributed by atoms with E-state index in [0.29, 0.717) is 31.8 Å². The molecule has 1 unspecified atom stereocenters. The Labute approximate surface area is 148 Å². The number of nitrogens with one attached hydrogen (secondary N) is 1. The van der Waals surface area contributed by atoms with Gasteiger partial charge in [0.25, 0.3) is 0 Å². The van der Waals surface area contributed by atoms with Gasteiger partial charge in [-0.05, 0) is 31.5 Å². The molecule has 0 aliphatic carbocycles. The third-order valence-corrected chi connectivity index (χ3v) is 4.49. The van der Waals surface area contributed by atoms with Gasteiger partial charge in [-0.2, -0.15) is 5.26 Å². The highest BCUT2D eigenvalue weighted by Crippen LogP contribution is 2.22. The van der Waals surface area contributed by atoms with Crippen LogP contribution in [0.15, 0.2) is 18.2 Å². The van der Waals surface area contributed by atoms with Gasteiger partial charge in [-0.1, -0.05) is 0 Å². The summed E-state index contributed by atoms with van der Waals surface area (Å²) in [4.78, 5) is 16.4. The number of nitriles is 1. The van der Waals surface area contributed by atoms with Crippen LogP contribution >= 0.6 is 0 Å². The number of ether oxygens (including phenoxy) is 1. The van der Waals surface area contributed by atoms with E-state index in [9.17, 15) is 14.4 Å². The number of piperazine rings is 1. The summed E-state index contributed by atoms with van der Waals surface area (Å²) in [6.45, 7) is 5.97. The lowest BCUT2D eigenvalue weighted by Crippen LogP contribution is -2.54. The molecule has 1 heterocycles. The number of amides is 1. The van der Waals surface area contributed by atoms with Crippen molar-refractivity contribution in [3.8, 4) is 6.07 Å². The maximum atomic E-state index is 13.3. The molecule has 7 heteroatoms. The second kappa shape index (κ2) is 9.35. The molecular formula is C18H25FN4O2. The molecule has 25 heavy (non-hydrogen) atoms. The van der Waals surface area contributed by atoms with Crippen molar-refractivity contribution in [1.82, 2.24) is 10.2 Å². The summed E-state index contributed by atoms with van der Waals surface area (Å²) in [7, 11) is 1.64. The van der Waals surface area contributed by atoms with E-state index in [1.807, 2.05) is 13.0 Å². The van der Waals surface area contributed by atoms with Crippen LogP contribution in [-0.2, 0) is 9.53 Å². The van der Waals surface area contributed by atoms with Crippen LogP contribution in [0.2, 0.25) is 0 Å². The van der Waals surface area contributed by atoms with Gasteiger partial charge in [0.1, 0.15) is 11.9 Å². The molecule has 1 fully saturated rings. The van der Waals surface area contributed by atoms with Crippen molar-refractivity contribution in [2.75, 3.05) is 51.3 Å². The smallest absolute Gasteiger partial charge is 0.237 e. The summed E-state index contributed by atoms with van der Waals surface area (Å²) < 4.78 is 18.2. The molecule has 0 saturated carbocycles. The summed E-state index contributed by atoms with van der Waals surface area (Å²) in [6.07, 6.45) is 0.796. The largest absolute Gasteiger partial charge is 0.385 e. The summed E-state index contributed by atoms with van der Waals surface area (Å²) in [5.41, 5.74) is 1.10. The van der Waals surface area contributed by atoms with Crippen molar-refractivity contribution in [2.24, 2.45) is 0 Å². The summed E-state index contributed by atoms with van der Waals surface area (Å²) in [6, 6.07) is 6.13. The fourth-order valence-corrected chi connectivity index (χ4v) is 2.97. The van der Waals surface area contributed by atoms with Crippen LogP contribution in [0.3, 0.4) is 0 Å². The number of methoxy groups -OCH3 is 1. The van der Waals surface area contributed by atoms with Gasteiger partial charge in [0.2, 0.25) is 5.91 Å². The van der Waals surface area contributed by atoms with Crippen molar-refractivity contribution in [3.05, 3.63) is 29.6 Å². The molecule has 1 aromatic rings. The average molecular weight is 348 g/mol. The number of hydrogen-bond acceptors (Lipinski definition) is 5. The van der Waals surface area contributed by atoms with Gasteiger partial charge >= 0.3 is 0 Å². The van der Waals surface area contributed by atoms with Crippen molar-refractivity contribution >= 4 is 11.6 Å². The topological polar surface area (TPSA) is 68.6 Å². The van der Waals surface area contributed by atoms with E-state index in [-0.39, 0.29) is 11.9 Å². The van der Waals surface area contributed by atoms with E-state index < -0.39 is 5.82 Å². The molecule has 1 atom stereocenters. The lowest BCUT2D eigenvalue weighted by molar-refractivity contribution is -0.126. The second-order valence-corrected chi connectivity index (χ2v) is 6.11. The Bertz CT molecular complexity index is 624. The molecule has 0 aromatic heterocycles. The number of nitrogens with zero attached hydrogens (tertiary/aromatic N) is 3. The molecule has 1 amide bonds. The predicted octanol–water partition coefficient (Wildman–Crippen LogP) is 1.36. The monoisotopic (exact) mass is 348 g/mol. The van der Waals surface area contributed by atoms with Crippen molar-refractivity contribution < 1.29 is 13.9 Å². The first kappa shape index (κ1) is 19.2. The van der Waals surface area contributed by atoms with Crippen LogP contribution < -0.4 is 10.2 Å². The molecule has 1 aliphatic heterocycles. The molecule has 136 valence electrons. The molecule has 1 aliphatic rings. The van der Waals surface area contributed by atoms with E-state index in [4.69, 9.17) is 4.74 Å². The van der Waals surface area contributed by atoms with Gasteiger partial charge in [0.05, 0.1) is 17.3 Å². The summed E-state index contributed by atoms with van der Waals surface area (Å²) >= 11 is 0. The number of halogens is 1. The van der Waals surface area contributed by atoms with Crippen LogP contribution in [0.4, 0.5) is 10.1 Å². The quantitative estimate of drug-likeness (QED) is 0.754. The summed E-state index contributed by atoms with van der Waals surface area (Å²) in [5.74, 6) is -0.387. The van der Waals surface area contributed by atoms with E-state index in [1.165, 1.54) is 12.1 Å². The standard InChI is InChI=1S/C18H25FN4O2/c1-14(18(24)21-6-3-11-25-2)22-7-9-23(10-8-22)17-5-4-16(19)12-15(17)13-20/h4-5,12,14H,3,6-11H2,1-2H3,(H,21,24). The van der Waals surface area contributed by atoms with Gasteiger partial charge in [-0.25, -0.2) is 4.39 Å². The zero-order chi connectivity index (χ0) is 18.2. The minimum atomic E-state index is -0.405. The molecular weight excluding hydrogens is 323 g/mol. The number of carbonyl (C=O) groups is 1. The molecule has 1 aromatic carbocycles. The molecule has 1 saturated heterocycles. The minimum absolute atomic E-state index is 0.0176. The zero-order valence-electron chi connectivity index (χ0n) is 14.8. The molecule has 0 radical (unpaired) electrons. The van der Waals surface area contributed by atoms with E-state index in [2.05, 4.69) is 15.1 Å². The fourth-order valence-electron chi connectivity index (χ4n) is 2.97. The van der Waals surface area contributed by atoms with E-state index >= 15 is 0 Å². The first-order chi connectivity index (χ1) is 12.1. The molecule has 2 rings (SSSR count). The van der Waals surface area contributed by atoms with Crippen molar-refractivity contribution in [3.63, 3.8) is 0 Å². The van der Waals surface area contributed by atoms with Gasteiger partial charge < -0.3 is 15.0 Å². The Morgan fingerprint density at radius 3 is 2.76 bits per heavy atom. The highest BCUT2D eigenvalue weighted by molar-refractivity contribution is 5.81. The Hall–Kier alpha value is -2.17. The normalized spacial score (nSPS) is 16.3. The lowest BCUT2D eigenvalue weighted by atomic mass is 10.1. The second-order valence-electron chi connectivity index (χ2n) is 6.11. The van der Waals surface area contributed by atoms with Gasteiger partial charge in [0.15, 0.2) is 0 Å². The first-order valence-corrected chi connectivity index (χ1v) is 8.52. The Balaban J connectivity index is 1.87. The van der Waals surface area contributed by atoms with Crippen LogP contribution in [0.1, 0.15) is 18.9 Å². The average Bonchev–Trinajstić information content (AvgIpc) is 2.64. The molecule has 0 spiro atoms. The maximum Gasteiger partial charge on any atom is 0.237 e. The van der Waals surface area contributed by atoms with E-state index in [0.717, 1.165) is 25.2 Å². The Morgan fingerprint density at radius 2 is 2.12 bits per heavy atom. The third-order valence-electron chi connectivity index (χ3n) is 4.49. The van der Waals surface area contributed by atoms with Crippen LogP contribution in [-0.4, -0.2) is 63.3 Å². The number of anilines is 1. The minimum Gasteiger partial charge on any atom is -0.385 e. The molecule has 6 nitrogen and oxygen atoms in total. The predicted molar refractivity (Wildman–Crippen MR) is 93.9 cm³/mol. The fraction of sp³-hybridized carbons (Fsp3) is 0.556. The number of benzene rings is 1. The van der Waals surface area contributed by atoms with Gasteiger partial charge in [0, 0.05) is 46.4 Å². The molecule has 0 bridgehead atoms. The van der Waals surface area contributed by atoms with Crippen LogP contribution in [0.5, 0.6) is 0 Å². The number of rotatable bonds is 7. The van der Waals surface area contributed by atoms with Crippen molar-refractivity contribution in [2.45, 2.75) is 19.4 Å². The number of carbonyl (C=O) groups excluding carboxylic acids is 1. The number of hydrogen-bond donors (Lipinski definition) is 1. The lowest BCUT2D eigenvalue weighted by Gasteiger charge is -2.38. The zero-order valence-corrected chi connectivity index (χ0v) is 14.8. The first-order valence-electron chi connectivity index (χ1n) is 8.52. The maximum absolute atomic E-state index is 13.3. The van der Waals surface area contributed by atoms with Crippen LogP contribution in [0.25, 0.3) is 0 Å². The van der Waals surface area contributed by atoms with Crippen LogP contribution in [0, 0.1) is 17.1 Å².